The van der Waals surface area contributed by atoms with E-state index in [1.54, 1.807) is 16.0 Å². The zero-order valence-electron chi connectivity index (χ0n) is 17.5. The van der Waals surface area contributed by atoms with Gasteiger partial charge in [-0.2, -0.15) is 5.26 Å². The summed E-state index contributed by atoms with van der Waals surface area (Å²) in [4.78, 5) is 32.1. The number of nitriles is 1. The predicted molar refractivity (Wildman–Crippen MR) is 119 cm³/mol. The van der Waals surface area contributed by atoms with Crippen molar-refractivity contribution in [2.75, 3.05) is 39.4 Å². The Morgan fingerprint density at radius 2 is 1.66 bits per heavy atom. The van der Waals surface area contributed by atoms with Crippen LogP contribution in [0.25, 0.3) is 22.0 Å². The van der Waals surface area contributed by atoms with Gasteiger partial charge in [0.25, 0.3) is 5.91 Å². The highest BCUT2D eigenvalue weighted by atomic mass is 16.5. The largest absolute Gasteiger partial charge is 0.376 e. The normalized spacial score (nSPS) is 17.6. The summed E-state index contributed by atoms with van der Waals surface area (Å²) in [7, 11) is 0. The fourth-order valence-corrected chi connectivity index (χ4v) is 4.25. The maximum Gasteiger partial charge on any atom is 0.253 e. The monoisotopic (exact) mass is 429 g/mol. The zero-order valence-corrected chi connectivity index (χ0v) is 17.5. The third kappa shape index (κ3) is 3.42. The number of benzene rings is 2. The van der Waals surface area contributed by atoms with Gasteiger partial charge in [0.15, 0.2) is 0 Å². The van der Waals surface area contributed by atoms with E-state index in [1.807, 2.05) is 42.5 Å². The third-order valence-electron chi connectivity index (χ3n) is 6.27. The van der Waals surface area contributed by atoms with Gasteiger partial charge in [0.1, 0.15) is 11.6 Å². The summed E-state index contributed by atoms with van der Waals surface area (Å²) in [5, 5.41) is 10.1. The number of amides is 2. The lowest BCUT2D eigenvalue weighted by atomic mass is 9.96. The molecule has 1 aromatic heterocycles. The fourth-order valence-electron chi connectivity index (χ4n) is 4.25. The van der Waals surface area contributed by atoms with E-state index in [1.165, 1.54) is 0 Å². The van der Waals surface area contributed by atoms with Crippen LogP contribution in [0.4, 0.5) is 0 Å². The molecule has 0 bridgehead atoms. The van der Waals surface area contributed by atoms with E-state index < -0.39 is 5.54 Å². The maximum absolute atomic E-state index is 12.9. The molecule has 0 radical (unpaired) electrons. The minimum Gasteiger partial charge on any atom is -0.376 e. The van der Waals surface area contributed by atoms with Crippen molar-refractivity contribution < 1.29 is 14.3 Å². The molecule has 2 aliphatic heterocycles. The van der Waals surface area contributed by atoms with Gasteiger partial charge in [-0.05, 0) is 35.4 Å². The number of nitrogens with one attached hydrogen (secondary N) is 1. The van der Waals surface area contributed by atoms with E-state index in [4.69, 9.17) is 10.5 Å². The van der Waals surface area contributed by atoms with Crippen molar-refractivity contribution in [2.45, 2.75) is 5.54 Å². The smallest absolute Gasteiger partial charge is 0.253 e. The van der Waals surface area contributed by atoms with Crippen molar-refractivity contribution in [1.82, 2.24) is 14.8 Å². The first-order valence-electron chi connectivity index (χ1n) is 10.6. The summed E-state index contributed by atoms with van der Waals surface area (Å²) in [6.07, 6.45) is 1.71. The van der Waals surface area contributed by atoms with Crippen LogP contribution in [-0.2, 0) is 9.53 Å². The van der Waals surface area contributed by atoms with Crippen LogP contribution in [0.15, 0.2) is 48.7 Å². The van der Waals surface area contributed by atoms with E-state index in [-0.39, 0.29) is 25.0 Å². The second kappa shape index (κ2) is 7.79. The number of H-pyrrole nitrogens is 1. The number of aromatic amines is 1. The Hall–Kier alpha value is -3.67. The van der Waals surface area contributed by atoms with Crippen molar-refractivity contribution in [3.05, 3.63) is 59.8 Å². The average Bonchev–Trinajstić information content (AvgIpc) is 3.24. The second-order valence-electron chi connectivity index (χ2n) is 8.39. The SMILES string of the molecule is N#Cc1c[nH]c2ccc(-c3ccc(C(=O)N4CCN(C(=O)C5(N)COC5)CC4)cc3)cc12. The number of hydrogen-bond acceptors (Lipinski definition) is 5. The molecule has 32 heavy (non-hydrogen) atoms. The molecule has 8 nitrogen and oxygen atoms in total. The number of carbonyl (C=O) groups is 2. The molecule has 0 spiro atoms. The van der Waals surface area contributed by atoms with Gasteiger partial charge in [0.05, 0.1) is 18.8 Å². The molecule has 2 amide bonds. The lowest BCUT2D eigenvalue weighted by Gasteiger charge is -2.43. The van der Waals surface area contributed by atoms with Crippen LogP contribution in [0.2, 0.25) is 0 Å². The first kappa shape index (κ1) is 20.2. The Bertz CT molecular complexity index is 1230. The van der Waals surface area contributed by atoms with E-state index in [9.17, 15) is 14.9 Å². The summed E-state index contributed by atoms with van der Waals surface area (Å²) in [6.45, 7) is 2.41. The minimum atomic E-state index is -0.903. The summed E-state index contributed by atoms with van der Waals surface area (Å²) in [6, 6.07) is 15.6. The molecule has 0 unspecified atom stereocenters. The van der Waals surface area contributed by atoms with E-state index in [2.05, 4.69) is 11.1 Å². The molecule has 0 aliphatic carbocycles. The summed E-state index contributed by atoms with van der Waals surface area (Å²) >= 11 is 0. The van der Waals surface area contributed by atoms with Gasteiger partial charge in [0, 0.05) is 48.8 Å². The topological polar surface area (TPSA) is 115 Å². The molecule has 2 aromatic carbocycles. The number of rotatable bonds is 3. The van der Waals surface area contributed by atoms with Crippen LogP contribution in [0.5, 0.6) is 0 Å². The molecule has 0 saturated carbocycles. The van der Waals surface area contributed by atoms with E-state index in [0.717, 1.165) is 22.0 Å². The Morgan fingerprint density at radius 3 is 2.28 bits per heavy atom. The van der Waals surface area contributed by atoms with Crippen molar-refractivity contribution in [3.63, 3.8) is 0 Å². The van der Waals surface area contributed by atoms with Gasteiger partial charge in [-0.25, -0.2) is 0 Å². The molecule has 8 heteroatoms. The average molecular weight is 429 g/mol. The molecule has 3 aromatic rings. The second-order valence-corrected chi connectivity index (χ2v) is 8.39. The van der Waals surface area contributed by atoms with Crippen LogP contribution >= 0.6 is 0 Å². The summed E-state index contributed by atoms with van der Waals surface area (Å²) < 4.78 is 5.08. The first-order valence-corrected chi connectivity index (χ1v) is 10.6. The Balaban J connectivity index is 1.26. The van der Waals surface area contributed by atoms with Crippen LogP contribution in [0, 0.1) is 11.3 Å². The van der Waals surface area contributed by atoms with Crippen molar-refractivity contribution >= 4 is 22.7 Å². The molecular formula is C24H23N5O3. The quantitative estimate of drug-likeness (QED) is 0.658. The summed E-state index contributed by atoms with van der Waals surface area (Å²) in [5.41, 5.74) is 9.23. The highest BCUT2D eigenvalue weighted by Crippen LogP contribution is 2.27. The van der Waals surface area contributed by atoms with Crippen molar-refractivity contribution in [3.8, 4) is 17.2 Å². The first-order chi connectivity index (χ1) is 15.5. The number of aromatic nitrogens is 1. The maximum atomic E-state index is 12.9. The number of nitrogens with zero attached hydrogens (tertiary/aromatic N) is 3. The van der Waals surface area contributed by atoms with Gasteiger partial charge in [-0.15, -0.1) is 0 Å². The number of piperazine rings is 1. The van der Waals surface area contributed by atoms with Gasteiger partial charge in [-0.1, -0.05) is 18.2 Å². The van der Waals surface area contributed by atoms with E-state index >= 15 is 0 Å². The third-order valence-corrected chi connectivity index (χ3v) is 6.27. The number of hydrogen-bond donors (Lipinski definition) is 2. The zero-order chi connectivity index (χ0) is 22.3. The van der Waals surface area contributed by atoms with Crippen molar-refractivity contribution in [2.24, 2.45) is 5.73 Å². The van der Waals surface area contributed by atoms with Crippen LogP contribution in [0.1, 0.15) is 15.9 Å². The van der Waals surface area contributed by atoms with Gasteiger partial charge in [-0.3, -0.25) is 9.59 Å². The summed E-state index contributed by atoms with van der Waals surface area (Å²) in [5.74, 6) is -0.148. The van der Waals surface area contributed by atoms with Crippen LogP contribution in [0.3, 0.4) is 0 Å². The Kier molecular flexibility index (Phi) is 4.93. The highest BCUT2D eigenvalue weighted by Gasteiger charge is 2.45. The molecule has 3 N–H and O–H groups in total. The molecule has 2 aliphatic rings. The van der Waals surface area contributed by atoms with Crippen molar-refractivity contribution in [1.29, 1.82) is 5.26 Å². The molecule has 2 fully saturated rings. The molecule has 0 atom stereocenters. The number of ether oxygens (including phenoxy) is 1. The molecule has 5 rings (SSSR count). The lowest BCUT2D eigenvalue weighted by Crippen LogP contribution is -2.68. The van der Waals surface area contributed by atoms with Gasteiger partial charge >= 0.3 is 0 Å². The highest BCUT2D eigenvalue weighted by molar-refractivity contribution is 5.95. The molecule has 3 heterocycles. The number of fused-ring (bicyclic) bond motifs is 1. The molecule has 2 saturated heterocycles. The number of nitrogens with two attached hydrogens (primary N) is 1. The predicted octanol–water partition coefficient (Wildman–Crippen LogP) is 1.72. The standard InChI is InChI=1S/C24H23N5O3/c25-12-19-13-27-21-6-5-18(11-20(19)21)16-1-3-17(4-2-16)22(30)28-7-9-29(10-8-28)23(31)24(26)14-32-15-24/h1-6,11,13,27H,7-10,14-15,26H2. The lowest BCUT2D eigenvalue weighted by molar-refractivity contribution is -0.155. The minimum absolute atomic E-state index is 0.0501. The van der Waals surface area contributed by atoms with Gasteiger partial charge in [0.2, 0.25) is 5.91 Å². The van der Waals surface area contributed by atoms with E-state index in [0.29, 0.717) is 37.3 Å². The fraction of sp³-hybridized carbons (Fsp3) is 0.292. The number of carbonyl (C=O) groups excluding carboxylic acids is 2. The van der Waals surface area contributed by atoms with Gasteiger partial charge < -0.3 is 25.3 Å². The molecule has 162 valence electrons. The Labute approximate surface area is 185 Å². The Morgan fingerprint density at radius 1 is 1.00 bits per heavy atom. The van der Waals surface area contributed by atoms with Crippen LogP contribution in [-0.4, -0.2) is 71.5 Å². The molecular weight excluding hydrogens is 406 g/mol. The van der Waals surface area contributed by atoms with Crippen LogP contribution < -0.4 is 5.73 Å².